The van der Waals surface area contributed by atoms with Crippen LogP contribution in [0.4, 0.5) is 0 Å². The number of nitrogens with one attached hydrogen (secondary N) is 1. The molecule has 0 aliphatic carbocycles. The van der Waals surface area contributed by atoms with Gasteiger partial charge in [0.25, 0.3) is 0 Å². The Morgan fingerprint density at radius 1 is 1.31 bits per heavy atom. The molecule has 1 aromatic carbocycles. The molecule has 0 saturated carbocycles. The fourth-order valence-corrected chi connectivity index (χ4v) is 1.75. The third-order valence-corrected chi connectivity index (χ3v) is 2.58. The van der Waals surface area contributed by atoms with Gasteiger partial charge in [-0.1, -0.05) is 36.4 Å². The zero-order chi connectivity index (χ0) is 11.4. The zero-order valence-electron chi connectivity index (χ0n) is 8.94. The fraction of sp³-hybridized carbons (Fsp3) is 0.154. The molecule has 1 aromatic rings. The van der Waals surface area contributed by atoms with Crippen molar-refractivity contribution in [2.24, 2.45) is 5.73 Å². The molecule has 0 fully saturated rings. The number of hydrogen-bond donors (Lipinski definition) is 2. The normalized spacial score (nSPS) is 14.8. The quantitative estimate of drug-likeness (QED) is 0.800. The summed E-state index contributed by atoms with van der Waals surface area (Å²) in [6, 6.07) is 10.0. The molecule has 1 aliphatic rings. The predicted octanol–water partition coefficient (Wildman–Crippen LogP) is 1.48. The zero-order valence-corrected chi connectivity index (χ0v) is 8.94. The summed E-state index contributed by atoms with van der Waals surface area (Å²) in [7, 11) is 0. The lowest BCUT2D eigenvalue weighted by Crippen LogP contribution is -2.23. The first-order valence-electron chi connectivity index (χ1n) is 5.24. The van der Waals surface area contributed by atoms with Crippen LogP contribution in [0.5, 0.6) is 0 Å². The smallest absolute Gasteiger partial charge is 0.246 e. The Morgan fingerprint density at radius 3 is 2.75 bits per heavy atom. The maximum Gasteiger partial charge on any atom is 0.246 e. The van der Waals surface area contributed by atoms with Crippen LogP contribution in [0.2, 0.25) is 0 Å². The van der Waals surface area contributed by atoms with Crippen LogP contribution in [-0.2, 0) is 11.2 Å². The second kappa shape index (κ2) is 4.66. The highest BCUT2D eigenvalue weighted by Crippen LogP contribution is 2.16. The van der Waals surface area contributed by atoms with Crippen molar-refractivity contribution in [3.05, 3.63) is 59.4 Å². The summed E-state index contributed by atoms with van der Waals surface area (Å²) in [5.74, 6) is -0.345. The summed E-state index contributed by atoms with van der Waals surface area (Å²) in [4.78, 5) is 11.2. The Labute approximate surface area is 94.7 Å². The Hall–Kier alpha value is -2.03. The van der Waals surface area contributed by atoms with Gasteiger partial charge in [-0.15, -0.1) is 0 Å². The number of dihydropyridines is 1. The molecule has 1 aliphatic heterocycles. The number of benzene rings is 1. The van der Waals surface area contributed by atoms with Crippen molar-refractivity contribution >= 4 is 5.91 Å². The highest BCUT2D eigenvalue weighted by atomic mass is 16.1. The van der Waals surface area contributed by atoms with E-state index in [-0.39, 0.29) is 5.91 Å². The molecule has 3 heteroatoms. The van der Waals surface area contributed by atoms with Crippen molar-refractivity contribution in [2.75, 3.05) is 0 Å². The van der Waals surface area contributed by atoms with Crippen LogP contribution in [0, 0.1) is 0 Å². The molecule has 3 nitrogen and oxygen atoms in total. The van der Waals surface area contributed by atoms with Gasteiger partial charge in [0.1, 0.15) is 0 Å². The lowest BCUT2D eigenvalue weighted by molar-refractivity contribution is -0.114. The topological polar surface area (TPSA) is 55.1 Å². The van der Waals surface area contributed by atoms with E-state index in [9.17, 15) is 4.79 Å². The molecule has 1 heterocycles. The van der Waals surface area contributed by atoms with Crippen LogP contribution < -0.4 is 11.1 Å². The first kappa shape index (κ1) is 10.5. The van der Waals surface area contributed by atoms with Gasteiger partial charge in [-0.3, -0.25) is 4.79 Å². The minimum Gasteiger partial charge on any atom is -0.366 e. The Balaban J connectivity index is 2.22. The molecular formula is C13H14N2O. The molecule has 1 amide bonds. The van der Waals surface area contributed by atoms with E-state index in [1.807, 2.05) is 42.6 Å². The third kappa shape index (κ3) is 2.31. The molecule has 0 unspecified atom stereocenters. The van der Waals surface area contributed by atoms with E-state index in [1.54, 1.807) is 0 Å². The molecule has 2 rings (SSSR count). The first-order chi connectivity index (χ1) is 7.77. The van der Waals surface area contributed by atoms with Gasteiger partial charge >= 0.3 is 0 Å². The molecule has 0 spiro atoms. The van der Waals surface area contributed by atoms with E-state index in [0.29, 0.717) is 18.4 Å². The summed E-state index contributed by atoms with van der Waals surface area (Å²) in [6.07, 6.45) is 5.08. The van der Waals surface area contributed by atoms with Gasteiger partial charge in [-0.05, 0) is 18.2 Å². The maximum atomic E-state index is 11.2. The SMILES string of the molecule is NC(=O)C1=C(Cc2ccccc2)NC=CC1. The number of rotatable bonds is 3. The molecule has 0 atom stereocenters. The van der Waals surface area contributed by atoms with Gasteiger partial charge in [-0.2, -0.15) is 0 Å². The number of hydrogen-bond acceptors (Lipinski definition) is 2. The van der Waals surface area contributed by atoms with Crippen molar-refractivity contribution < 1.29 is 4.79 Å². The number of primary amides is 1. The van der Waals surface area contributed by atoms with Crippen LogP contribution >= 0.6 is 0 Å². The summed E-state index contributed by atoms with van der Waals surface area (Å²) in [6.45, 7) is 0. The van der Waals surface area contributed by atoms with Gasteiger partial charge in [-0.25, -0.2) is 0 Å². The van der Waals surface area contributed by atoms with Crippen LogP contribution in [-0.4, -0.2) is 5.91 Å². The van der Waals surface area contributed by atoms with E-state index in [1.165, 1.54) is 5.56 Å². The fourth-order valence-electron chi connectivity index (χ4n) is 1.75. The molecule has 3 N–H and O–H groups in total. The van der Waals surface area contributed by atoms with Crippen LogP contribution in [0.15, 0.2) is 53.9 Å². The number of carbonyl (C=O) groups is 1. The molecular weight excluding hydrogens is 200 g/mol. The van der Waals surface area contributed by atoms with Gasteiger partial charge in [0.05, 0.1) is 0 Å². The number of allylic oxidation sites excluding steroid dienone is 2. The standard InChI is InChI=1S/C13H14N2O/c14-13(16)11-7-4-8-15-12(11)9-10-5-2-1-3-6-10/h1-6,8,15H,7,9H2,(H2,14,16). The lowest BCUT2D eigenvalue weighted by Gasteiger charge is -2.16. The van der Waals surface area contributed by atoms with Crippen molar-refractivity contribution in [1.82, 2.24) is 5.32 Å². The van der Waals surface area contributed by atoms with Gasteiger partial charge in [0, 0.05) is 17.7 Å². The highest BCUT2D eigenvalue weighted by Gasteiger charge is 2.13. The second-order valence-electron chi connectivity index (χ2n) is 3.73. The minimum absolute atomic E-state index is 0.345. The van der Waals surface area contributed by atoms with Crippen molar-refractivity contribution in [2.45, 2.75) is 12.8 Å². The van der Waals surface area contributed by atoms with E-state index >= 15 is 0 Å². The van der Waals surface area contributed by atoms with E-state index in [2.05, 4.69) is 5.32 Å². The molecule has 0 aromatic heterocycles. The first-order valence-corrected chi connectivity index (χ1v) is 5.24. The summed E-state index contributed by atoms with van der Waals surface area (Å²) < 4.78 is 0. The highest BCUT2D eigenvalue weighted by molar-refractivity contribution is 5.93. The molecule has 0 saturated heterocycles. The summed E-state index contributed by atoms with van der Waals surface area (Å²) >= 11 is 0. The maximum absolute atomic E-state index is 11.2. The van der Waals surface area contributed by atoms with Gasteiger partial charge in [0.2, 0.25) is 5.91 Å². The molecule has 0 bridgehead atoms. The Kier molecular flexibility index (Phi) is 3.05. The molecule has 16 heavy (non-hydrogen) atoms. The van der Waals surface area contributed by atoms with Gasteiger partial charge in [0.15, 0.2) is 0 Å². The Bertz CT molecular complexity index is 446. The lowest BCUT2D eigenvalue weighted by atomic mass is 10.0. The van der Waals surface area contributed by atoms with E-state index in [4.69, 9.17) is 5.73 Å². The third-order valence-electron chi connectivity index (χ3n) is 2.58. The monoisotopic (exact) mass is 214 g/mol. The Morgan fingerprint density at radius 2 is 2.06 bits per heavy atom. The van der Waals surface area contributed by atoms with Gasteiger partial charge < -0.3 is 11.1 Å². The second-order valence-corrected chi connectivity index (χ2v) is 3.73. The number of amides is 1. The summed E-state index contributed by atoms with van der Waals surface area (Å²) in [5.41, 5.74) is 8.08. The number of carbonyl (C=O) groups excluding carboxylic acids is 1. The summed E-state index contributed by atoms with van der Waals surface area (Å²) in [5, 5.41) is 3.10. The van der Waals surface area contributed by atoms with E-state index < -0.39 is 0 Å². The largest absolute Gasteiger partial charge is 0.366 e. The van der Waals surface area contributed by atoms with E-state index in [0.717, 1.165) is 5.70 Å². The average Bonchev–Trinajstić information content (AvgIpc) is 2.31. The van der Waals surface area contributed by atoms with Crippen molar-refractivity contribution in [1.29, 1.82) is 0 Å². The van der Waals surface area contributed by atoms with Crippen LogP contribution in [0.3, 0.4) is 0 Å². The predicted molar refractivity (Wildman–Crippen MR) is 63.3 cm³/mol. The molecule has 82 valence electrons. The van der Waals surface area contributed by atoms with Crippen molar-refractivity contribution in [3.8, 4) is 0 Å². The van der Waals surface area contributed by atoms with Crippen LogP contribution in [0.1, 0.15) is 12.0 Å². The minimum atomic E-state index is -0.345. The average molecular weight is 214 g/mol. The van der Waals surface area contributed by atoms with Crippen molar-refractivity contribution in [3.63, 3.8) is 0 Å². The number of nitrogens with two attached hydrogens (primary N) is 1. The molecule has 0 radical (unpaired) electrons. The van der Waals surface area contributed by atoms with Crippen LogP contribution in [0.25, 0.3) is 0 Å².